The summed E-state index contributed by atoms with van der Waals surface area (Å²) in [5, 5.41) is 5.79. The predicted molar refractivity (Wildman–Crippen MR) is 85.0 cm³/mol. The van der Waals surface area contributed by atoms with Gasteiger partial charge in [0.1, 0.15) is 0 Å². The minimum Gasteiger partial charge on any atom is -0.323 e. The molecular formula is C16H18N2OS. The zero-order valence-electron chi connectivity index (χ0n) is 11.9. The van der Waals surface area contributed by atoms with Crippen molar-refractivity contribution in [3.63, 3.8) is 0 Å². The van der Waals surface area contributed by atoms with E-state index in [2.05, 4.69) is 30.2 Å². The van der Waals surface area contributed by atoms with Crippen LogP contribution in [-0.4, -0.2) is 10.9 Å². The summed E-state index contributed by atoms with van der Waals surface area (Å²) in [7, 11) is 0. The van der Waals surface area contributed by atoms with Crippen LogP contribution in [0.5, 0.6) is 0 Å². The lowest BCUT2D eigenvalue weighted by molar-refractivity contribution is -0.111. The summed E-state index contributed by atoms with van der Waals surface area (Å²) in [5.74, 6) is 0.303. The van der Waals surface area contributed by atoms with Crippen LogP contribution in [0.25, 0.3) is 6.08 Å². The van der Waals surface area contributed by atoms with Crippen molar-refractivity contribution in [2.75, 3.05) is 5.32 Å². The molecule has 1 aromatic heterocycles. The molecule has 2 rings (SSSR count). The number of thiazole rings is 1. The molecule has 0 aliphatic carbocycles. The molecule has 0 aliphatic rings. The maximum atomic E-state index is 11.9. The summed E-state index contributed by atoms with van der Waals surface area (Å²) in [6.45, 7) is 6.20. The number of nitrogens with zero attached hydrogens (tertiary/aromatic N) is 1. The summed E-state index contributed by atoms with van der Waals surface area (Å²) in [6.07, 6.45) is 3.24. The topological polar surface area (TPSA) is 42.0 Å². The second kappa shape index (κ2) is 6.48. The molecular weight excluding hydrogens is 268 g/mol. The molecule has 2 aromatic rings. The molecule has 104 valence electrons. The molecule has 0 atom stereocenters. The van der Waals surface area contributed by atoms with Gasteiger partial charge < -0.3 is 5.32 Å². The highest BCUT2D eigenvalue weighted by atomic mass is 32.1. The van der Waals surface area contributed by atoms with E-state index >= 15 is 0 Å². The zero-order valence-corrected chi connectivity index (χ0v) is 12.7. The van der Waals surface area contributed by atoms with Gasteiger partial charge in [0.05, 0.1) is 10.7 Å². The SMILES string of the molecule is Cc1nc(/C=C/C(=O)Nc2cccc(C(C)C)c2)cs1. The number of anilines is 1. The number of nitrogens with one attached hydrogen (secondary N) is 1. The molecule has 0 radical (unpaired) electrons. The summed E-state index contributed by atoms with van der Waals surface area (Å²) >= 11 is 1.57. The van der Waals surface area contributed by atoms with Crippen LogP contribution in [0.3, 0.4) is 0 Å². The van der Waals surface area contributed by atoms with Gasteiger partial charge in [-0.3, -0.25) is 4.79 Å². The molecule has 0 unspecified atom stereocenters. The number of hydrogen-bond donors (Lipinski definition) is 1. The van der Waals surface area contributed by atoms with Crippen LogP contribution in [0.4, 0.5) is 5.69 Å². The van der Waals surface area contributed by atoms with Gasteiger partial charge in [-0.1, -0.05) is 26.0 Å². The largest absolute Gasteiger partial charge is 0.323 e. The van der Waals surface area contributed by atoms with Crippen molar-refractivity contribution in [1.82, 2.24) is 4.98 Å². The molecule has 0 saturated heterocycles. The number of amides is 1. The number of carbonyl (C=O) groups is 1. The molecule has 4 heteroatoms. The average molecular weight is 286 g/mol. The molecule has 0 spiro atoms. The van der Waals surface area contributed by atoms with E-state index in [0.29, 0.717) is 5.92 Å². The fourth-order valence-corrected chi connectivity index (χ4v) is 2.36. The van der Waals surface area contributed by atoms with Crippen LogP contribution in [0, 0.1) is 6.92 Å². The first-order valence-electron chi connectivity index (χ1n) is 6.56. The van der Waals surface area contributed by atoms with E-state index in [0.717, 1.165) is 16.4 Å². The molecule has 0 aliphatic heterocycles. The quantitative estimate of drug-likeness (QED) is 0.855. The summed E-state index contributed by atoms with van der Waals surface area (Å²) < 4.78 is 0. The fourth-order valence-electron chi connectivity index (χ4n) is 1.78. The second-order valence-corrected chi connectivity index (χ2v) is 5.96. The Balaban J connectivity index is 2.01. The molecule has 1 N–H and O–H groups in total. The summed E-state index contributed by atoms with van der Waals surface area (Å²) in [5.41, 5.74) is 2.85. The van der Waals surface area contributed by atoms with Crippen molar-refractivity contribution in [2.24, 2.45) is 0 Å². The van der Waals surface area contributed by atoms with Crippen molar-refractivity contribution in [3.8, 4) is 0 Å². The highest BCUT2D eigenvalue weighted by Crippen LogP contribution is 2.18. The molecule has 0 saturated carbocycles. The first-order valence-corrected chi connectivity index (χ1v) is 7.43. The third-order valence-corrected chi connectivity index (χ3v) is 3.65. The van der Waals surface area contributed by atoms with Gasteiger partial charge >= 0.3 is 0 Å². The Morgan fingerprint density at radius 2 is 2.20 bits per heavy atom. The Morgan fingerprint density at radius 1 is 1.40 bits per heavy atom. The molecule has 1 heterocycles. The van der Waals surface area contributed by atoms with Crippen LogP contribution in [0.1, 0.15) is 36.0 Å². The van der Waals surface area contributed by atoms with E-state index in [1.165, 1.54) is 11.6 Å². The van der Waals surface area contributed by atoms with E-state index in [-0.39, 0.29) is 5.91 Å². The molecule has 1 aromatic carbocycles. The lowest BCUT2D eigenvalue weighted by Gasteiger charge is -2.08. The van der Waals surface area contributed by atoms with Crippen molar-refractivity contribution >= 4 is 29.0 Å². The van der Waals surface area contributed by atoms with Crippen molar-refractivity contribution < 1.29 is 4.79 Å². The van der Waals surface area contributed by atoms with E-state index in [4.69, 9.17) is 0 Å². The van der Waals surface area contributed by atoms with Crippen LogP contribution < -0.4 is 5.32 Å². The normalized spacial score (nSPS) is 11.2. The molecule has 0 fully saturated rings. The average Bonchev–Trinajstić information content (AvgIpc) is 2.82. The smallest absolute Gasteiger partial charge is 0.248 e. The van der Waals surface area contributed by atoms with Gasteiger partial charge in [0, 0.05) is 17.1 Å². The van der Waals surface area contributed by atoms with Gasteiger partial charge in [-0.15, -0.1) is 11.3 Å². The van der Waals surface area contributed by atoms with Crippen molar-refractivity contribution in [3.05, 3.63) is 52.0 Å². The second-order valence-electron chi connectivity index (χ2n) is 4.89. The Labute approximate surface area is 123 Å². The molecule has 1 amide bonds. The standard InChI is InChI=1S/C16H18N2OS/c1-11(2)13-5-4-6-14(9-13)18-16(19)8-7-15-10-20-12(3)17-15/h4-11H,1-3H3,(H,18,19)/b8-7+. The van der Waals surface area contributed by atoms with E-state index in [1.54, 1.807) is 17.4 Å². The third-order valence-electron chi connectivity index (χ3n) is 2.86. The van der Waals surface area contributed by atoms with Crippen LogP contribution >= 0.6 is 11.3 Å². The van der Waals surface area contributed by atoms with E-state index in [1.807, 2.05) is 30.5 Å². The Morgan fingerprint density at radius 3 is 2.85 bits per heavy atom. The molecule has 0 bridgehead atoms. The van der Waals surface area contributed by atoms with Crippen molar-refractivity contribution in [2.45, 2.75) is 26.7 Å². The van der Waals surface area contributed by atoms with Gasteiger partial charge in [0.25, 0.3) is 0 Å². The fraction of sp³-hybridized carbons (Fsp3) is 0.250. The lowest BCUT2D eigenvalue weighted by Crippen LogP contribution is -2.08. The van der Waals surface area contributed by atoms with Crippen LogP contribution in [0.15, 0.2) is 35.7 Å². The number of rotatable bonds is 4. The predicted octanol–water partition coefficient (Wildman–Crippen LogP) is 4.23. The summed E-state index contributed by atoms with van der Waals surface area (Å²) in [6, 6.07) is 7.92. The number of aryl methyl sites for hydroxylation is 1. The van der Waals surface area contributed by atoms with Gasteiger partial charge in [-0.2, -0.15) is 0 Å². The Hall–Kier alpha value is -1.94. The number of aromatic nitrogens is 1. The maximum Gasteiger partial charge on any atom is 0.248 e. The monoisotopic (exact) mass is 286 g/mol. The first-order chi connectivity index (χ1) is 9.54. The van der Waals surface area contributed by atoms with E-state index < -0.39 is 0 Å². The number of hydrogen-bond acceptors (Lipinski definition) is 3. The molecule has 20 heavy (non-hydrogen) atoms. The summed E-state index contributed by atoms with van der Waals surface area (Å²) in [4.78, 5) is 16.1. The highest BCUT2D eigenvalue weighted by molar-refractivity contribution is 7.09. The maximum absolute atomic E-state index is 11.9. The molecule has 3 nitrogen and oxygen atoms in total. The zero-order chi connectivity index (χ0) is 14.5. The van der Waals surface area contributed by atoms with E-state index in [9.17, 15) is 4.79 Å². The van der Waals surface area contributed by atoms with Crippen LogP contribution in [-0.2, 0) is 4.79 Å². The number of benzene rings is 1. The third kappa shape index (κ3) is 4.03. The van der Waals surface area contributed by atoms with Gasteiger partial charge in [-0.05, 0) is 36.6 Å². The Bertz CT molecular complexity index is 629. The highest BCUT2D eigenvalue weighted by Gasteiger charge is 2.02. The minimum absolute atomic E-state index is 0.142. The van der Waals surface area contributed by atoms with Crippen LogP contribution in [0.2, 0.25) is 0 Å². The first kappa shape index (κ1) is 14.5. The van der Waals surface area contributed by atoms with Crippen molar-refractivity contribution in [1.29, 1.82) is 0 Å². The number of carbonyl (C=O) groups excluding carboxylic acids is 1. The van der Waals surface area contributed by atoms with Gasteiger partial charge in [0.15, 0.2) is 0 Å². The minimum atomic E-state index is -0.142. The van der Waals surface area contributed by atoms with Gasteiger partial charge in [-0.25, -0.2) is 4.98 Å². The lowest BCUT2D eigenvalue weighted by atomic mass is 10.0. The Kier molecular flexibility index (Phi) is 4.69. The van der Waals surface area contributed by atoms with Gasteiger partial charge in [0.2, 0.25) is 5.91 Å².